The molecule has 4 nitrogen and oxygen atoms in total. The molecule has 2 aromatic rings. The first-order valence-electron chi connectivity index (χ1n) is 5.70. The Labute approximate surface area is 117 Å². The third kappa shape index (κ3) is 3.32. The SMILES string of the molecule is C=CCCNS(=O)(=O)c1ccc2nc(Cl)ccc2c1. The van der Waals surface area contributed by atoms with Gasteiger partial charge < -0.3 is 0 Å². The fourth-order valence-corrected chi connectivity index (χ4v) is 2.86. The maximum Gasteiger partial charge on any atom is 0.240 e. The van der Waals surface area contributed by atoms with Crippen LogP contribution in [0, 0.1) is 0 Å². The zero-order chi connectivity index (χ0) is 13.9. The molecule has 6 heteroatoms. The Morgan fingerprint density at radius 2 is 2.11 bits per heavy atom. The van der Waals surface area contributed by atoms with E-state index in [-0.39, 0.29) is 4.90 Å². The first-order chi connectivity index (χ1) is 9.03. The molecule has 0 aliphatic rings. The molecule has 0 fully saturated rings. The molecule has 19 heavy (non-hydrogen) atoms. The van der Waals surface area contributed by atoms with Crippen LogP contribution in [0.15, 0.2) is 47.9 Å². The van der Waals surface area contributed by atoms with E-state index < -0.39 is 10.0 Å². The predicted octanol–water partition coefficient (Wildman–Crippen LogP) is 2.74. The zero-order valence-electron chi connectivity index (χ0n) is 10.1. The Balaban J connectivity index is 2.35. The van der Waals surface area contributed by atoms with Crippen molar-refractivity contribution in [2.24, 2.45) is 0 Å². The van der Waals surface area contributed by atoms with Crippen molar-refractivity contribution in [2.75, 3.05) is 6.54 Å². The normalized spacial score (nSPS) is 11.6. The van der Waals surface area contributed by atoms with E-state index in [1.165, 1.54) is 6.07 Å². The van der Waals surface area contributed by atoms with Crippen LogP contribution in [0.5, 0.6) is 0 Å². The number of nitrogens with zero attached hydrogens (tertiary/aromatic N) is 1. The maximum atomic E-state index is 12.0. The van der Waals surface area contributed by atoms with Crippen LogP contribution in [0.1, 0.15) is 6.42 Å². The Hall–Kier alpha value is -1.43. The minimum absolute atomic E-state index is 0.216. The molecule has 0 amide bonds. The molecule has 0 saturated carbocycles. The second kappa shape index (κ2) is 5.69. The fraction of sp³-hybridized carbons (Fsp3) is 0.154. The Bertz CT molecular complexity index is 714. The van der Waals surface area contributed by atoms with E-state index in [0.717, 1.165) is 5.39 Å². The fourth-order valence-electron chi connectivity index (χ4n) is 1.62. The van der Waals surface area contributed by atoms with Gasteiger partial charge in [-0.3, -0.25) is 0 Å². The van der Waals surface area contributed by atoms with Gasteiger partial charge in [-0.05, 0) is 36.8 Å². The molecule has 0 bridgehead atoms. The van der Waals surface area contributed by atoms with E-state index in [1.54, 1.807) is 30.3 Å². The number of halogens is 1. The van der Waals surface area contributed by atoms with Crippen LogP contribution in [0.25, 0.3) is 10.9 Å². The highest BCUT2D eigenvalue weighted by molar-refractivity contribution is 7.89. The second-order valence-corrected chi connectivity index (χ2v) is 6.12. The van der Waals surface area contributed by atoms with Gasteiger partial charge in [-0.2, -0.15) is 0 Å². The van der Waals surface area contributed by atoms with Gasteiger partial charge in [0.1, 0.15) is 5.15 Å². The standard InChI is InChI=1S/C13H13ClN2O2S/c1-2-3-8-15-19(17,18)11-5-6-12-10(9-11)4-7-13(14)16-12/h2,4-7,9,15H,1,3,8H2. The number of sulfonamides is 1. The average molecular weight is 297 g/mol. The van der Waals surface area contributed by atoms with Gasteiger partial charge in [0, 0.05) is 11.9 Å². The van der Waals surface area contributed by atoms with Crippen molar-refractivity contribution in [1.29, 1.82) is 0 Å². The summed E-state index contributed by atoms with van der Waals surface area (Å²) in [4.78, 5) is 4.33. The molecule has 100 valence electrons. The van der Waals surface area contributed by atoms with Crippen LogP contribution >= 0.6 is 11.6 Å². The van der Waals surface area contributed by atoms with Crippen LogP contribution in [0.4, 0.5) is 0 Å². The highest BCUT2D eigenvalue weighted by Gasteiger charge is 2.13. The number of rotatable bonds is 5. The molecular weight excluding hydrogens is 284 g/mol. The molecule has 2 rings (SSSR count). The molecule has 0 saturated heterocycles. The summed E-state index contributed by atoms with van der Waals surface area (Å²) in [6, 6.07) is 8.11. The van der Waals surface area contributed by atoms with Gasteiger partial charge in [-0.15, -0.1) is 6.58 Å². The van der Waals surface area contributed by atoms with Crippen molar-refractivity contribution in [2.45, 2.75) is 11.3 Å². The van der Waals surface area contributed by atoms with E-state index in [4.69, 9.17) is 11.6 Å². The lowest BCUT2D eigenvalue weighted by Gasteiger charge is -2.06. The summed E-state index contributed by atoms with van der Waals surface area (Å²) < 4.78 is 26.6. The van der Waals surface area contributed by atoms with E-state index in [0.29, 0.717) is 23.6 Å². The molecule has 1 heterocycles. The summed E-state index contributed by atoms with van der Waals surface area (Å²) in [7, 11) is -3.49. The summed E-state index contributed by atoms with van der Waals surface area (Å²) in [5.74, 6) is 0. The number of pyridine rings is 1. The monoisotopic (exact) mass is 296 g/mol. The Morgan fingerprint density at radius 3 is 2.84 bits per heavy atom. The number of benzene rings is 1. The lowest BCUT2D eigenvalue weighted by atomic mass is 10.2. The van der Waals surface area contributed by atoms with Gasteiger partial charge >= 0.3 is 0 Å². The molecule has 0 radical (unpaired) electrons. The van der Waals surface area contributed by atoms with Crippen LogP contribution < -0.4 is 4.72 Å². The van der Waals surface area contributed by atoms with E-state index in [1.807, 2.05) is 0 Å². The highest BCUT2D eigenvalue weighted by Crippen LogP contribution is 2.19. The van der Waals surface area contributed by atoms with Crippen LogP contribution in [-0.2, 0) is 10.0 Å². The zero-order valence-corrected chi connectivity index (χ0v) is 11.7. The third-order valence-corrected chi connectivity index (χ3v) is 4.25. The lowest BCUT2D eigenvalue weighted by Crippen LogP contribution is -2.24. The molecule has 0 spiro atoms. The van der Waals surface area contributed by atoms with Crippen molar-refractivity contribution >= 4 is 32.5 Å². The Kier molecular flexibility index (Phi) is 4.19. The van der Waals surface area contributed by atoms with Crippen molar-refractivity contribution in [3.8, 4) is 0 Å². The molecule has 0 unspecified atom stereocenters. The maximum absolute atomic E-state index is 12.0. The quantitative estimate of drug-likeness (QED) is 0.524. The van der Waals surface area contributed by atoms with Gasteiger partial charge in [0.25, 0.3) is 0 Å². The number of nitrogens with one attached hydrogen (secondary N) is 1. The molecule has 1 aromatic heterocycles. The molecule has 1 N–H and O–H groups in total. The van der Waals surface area contributed by atoms with Gasteiger partial charge in [-0.25, -0.2) is 18.1 Å². The van der Waals surface area contributed by atoms with Crippen LogP contribution in [-0.4, -0.2) is 19.9 Å². The minimum Gasteiger partial charge on any atom is -0.236 e. The van der Waals surface area contributed by atoms with Gasteiger partial charge in [0.2, 0.25) is 10.0 Å². The first-order valence-corrected chi connectivity index (χ1v) is 7.56. The summed E-state index contributed by atoms with van der Waals surface area (Å²) in [6.07, 6.45) is 2.25. The largest absolute Gasteiger partial charge is 0.240 e. The first kappa shape index (κ1) is 14.0. The van der Waals surface area contributed by atoms with Crippen molar-refractivity contribution in [3.63, 3.8) is 0 Å². The second-order valence-electron chi connectivity index (χ2n) is 3.96. The molecule has 0 aliphatic carbocycles. The number of hydrogen-bond donors (Lipinski definition) is 1. The van der Waals surface area contributed by atoms with Crippen LogP contribution in [0.3, 0.4) is 0 Å². The van der Waals surface area contributed by atoms with E-state index in [9.17, 15) is 8.42 Å². The smallest absolute Gasteiger partial charge is 0.236 e. The van der Waals surface area contributed by atoms with Gasteiger partial charge in [-0.1, -0.05) is 17.7 Å². The lowest BCUT2D eigenvalue weighted by molar-refractivity contribution is 0.582. The van der Waals surface area contributed by atoms with Crippen molar-refractivity contribution < 1.29 is 8.42 Å². The average Bonchev–Trinajstić information content (AvgIpc) is 2.38. The van der Waals surface area contributed by atoms with E-state index >= 15 is 0 Å². The minimum atomic E-state index is -3.49. The molecule has 0 atom stereocenters. The highest BCUT2D eigenvalue weighted by atomic mass is 35.5. The third-order valence-electron chi connectivity index (χ3n) is 2.58. The van der Waals surface area contributed by atoms with Crippen LogP contribution in [0.2, 0.25) is 5.15 Å². The van der Waals surface area contributed by atoms with Gasteiger partial charge in [0.15, 0.2) is 0 Å². The Morgan fingerprint density at radius 1 is 1.32 bits per heavy atom. The molecule has 1 aromatic carbocycles. The predicted molar refractivity (Wildman–Crippen MR) is 76.8 cm³/mol. The number of aromatic nitrogens is 1. The summed E-state index contributed by atoms with van der Waals surface area (Å²) >= 11 is 5.78. The topological polar surface area (TPSA) is 59.1 Å². The van der Waals surface area contributed by atoms with Gasteiger partial charge in [0.05, 0.1) is 10.4 Å². The number of hydrogen-bond acceptors (Lipinski definition) is 3. The summed E-state index contributed by atoms with van der Waals surface area (Å²) in [5, 5.41) is 1.11. The molecular formula is C13H13ClN2O2S. The van der Waals surface area contributed by atoms with Crippen molar-refractivity contribution in [3.05, 3.63) is 48.1 Å². The van der Waals surface area contributed by atoms with E-state index in [2.05, 4.69) is 16.3 Å². The van der Waals surface area contributed by atoms with Crippen molar-refractivity contribution in [1.82, 2.24) is 9.71 Å². The summed E-state index contributed by atoms with van der Waals surface area (Å²) in [6.45, 7) is 3.88. The molecule has 0 aliphatic heterocycles. The summed E-state index contributed by atoms with van der Waals surface area (Å²) in [5.41, 5.74) is 0.664. The number of fused-ring (bicyclic) bond motifs is 1.